The second-order valence-corrected chi connectivity index (χ2v) is 11.7. The van der Waals surface area contributed by atoms with E-state index in [2.05, 4.69) is 20.8 Å². The van der Waals surface area contributed by atoms with Gasteiger partial charge in [-0.2, -0.15) is 0 Å². The summed E-state index contributed by atoms with van der Waals surface area (Å²) in [6, 6.07) is 0. The van der Waals surface area contributed by atoms with Crippen LogP contribution in [0.2, 0.25) is 0 Å². The van der Waals surface area contributed by atoms with Gasteiger partial charge in [-0.3, -0.25) is 4.79 Å². The number of rotatable bonds is 5. The van der Waals surface area contributed by atoms with Crippen molar-refractivity contribution in [2.75, 3.05) is 7.11 Å². The summed E-state index contributed by atoms with van der Waals surface area (Å²) >= 11 is 0. The van der Waals surface area contributed by atoms with Gasteiger partial charge in [-0.05, 0) is 97.7 Å². The van der Waals surface area contributed by atoms with Crippen LogP contribution in [0.3, 0.4) is 0 Å². The third-order valence-corrected chi connectivity index (χ3v) is 10.5. The van der Waals surface area contributed by atoms with E-state index in [-0.39, 0.29) is 41.3 Å². The zero-order valence-electron chi connectivity index (χ0n) is 19.2. The second-order valence-electron chi connectivity index (χ2n) is 11.7. The molecule has 4 rings (SSSR count). The Bertz CT molecular complexity index is 651. The molecule has 30 heavy (non-hydrogen) atoms. The van der Waals surface area contributed by atoms with Crippen molar-refractivity contribution in [1.82, 2.24) is 0 Å². The minimum Gasteiger partial charge on any atom is -0.481 e. The van der Waals surface area contributed by atoms with Crippen LogP contribution in [0.25, 0.3) is 0 Å². The Morgan fingerprint density at radius 1 is 1.03 bits per heavy atom. The Kier molecular flexibility index (Phi) is 6.04. The molecule has 0 saturated heterocycles. The van der Waals surface area contributed by atoms with E-state index in [1.54, 1.807) is 7.11 Å². The maximum Gasteiger partial charge on any atom is 0.303 e. The predicted molar refractivity (Wildman–Crippen MR) is 115 cm³/mol. The molecule has 0 bridgehead atoms. The van der Waals surface area contributed by atoms with E-state index >= 15 is 0 Å². The summed E-state index contributed by atoms with van der Waals surface area (Å²) in [6.07, 6.45) is 7.28. The first-order valence-electron chi connectivity index (χ1n) is 12.2. The Labute approximate surface area is 181 Å². The highest BCUT2D eigenvalue weighted by Crippen LogP contribution is 2.68. The third-order valence-electron chi connectivity index (χ3n) is 10.5. The predicted octanol–water partition coefficient (Wildman–Crippen LogP) is 4.10. The second kappa shape index (κ2) is 8.04. The Balaban J connectivity index is 1.61. The SMILES string of the molecule is CO[C@@H]1C2C[C@H](O)CC[C@]2(C)[C@H]2CC[C@]3(C)C([C@H](C)CCC(=O)O)CC[C@H]3[C@@H]2[C@@H]1O. The molecule has 5 heteroatoms. The van der Waals surface area contributed by atoms with Crippen LogP contribution in [0.15, 0.2) is 0 Å². The van der Waals surface area contributed by atoms with Crippen molar-refractivity contribution in [3.63, 3.8) is 0 Å². The zero-order chi connectivity index (χ0) is 21.8. The summed E-state index contributed by atoms with van der Waals surface area (Å²) in [7, 11) is 1.73. The number of aliphatic hydroxyl groups is 2. The Morgan fingerprint density at radius 2 is 1.70 bits per heavy atom. The number of ether oxygens (including phenoxy) is 1. The number of hydrogen-bond acceptors (Lipinski definition) is 4. The highest BCUT2D eigenvalue weighted by molar-refractivity contribution is 5.66. The van der Waals surface area contributed by atoms with Gasteiger partial charge < -0.3 is 20.1 Å². The molecule has 0 aromatic rings. The molecule has 172 valence electrons. The average Bonchev–Trinajstić information content (AvgIpc) is 3.05. The molecule has 0 aliphatic heterocycles. The van der Waals surface area contributed by atoms with Crippen molar-refractivity contribution in [2.24, 2.45) is 46.3 Å². The zero-order valence-corrected chi connectivity index (χ0v) is 19.2. The van der Waals surface area contributed by atoms with Gasteiger partial charge in [-0.1, -0.05) is 20.8 Å². The lowest BCUT2D eigenvalue weighted by atomic mass is 9.43. The van der Waals surface area contributed by atoms with Gasteiger partial charge in [0.15, 0.2) is 0 Å². The van der Waals surface area contributed by atoms with E-state index in [1.165, 1.54) is 6.42 Å². The molecule has 0 spiro atoms. The molecule has 4 aliphatic carbocycles. The molecule has 4 saturated carbocycles. The Morgan fingerprint density at radius 3 is 2.37 bits per heavy atom. The maximum atomic E-state index is 11.6. The van der Waals surface area contributed by atoms with E-state index in [4.69, 9.17) is 9.84 Å². The van der Waals surface area contributed by atoms with E-state index in [1.807, 2.05) is 0 Å². The van der Waals surface area contributed by atoms with Crippen molar-refractivity contribution in [3.05, 3.63) is 0 Å². The van der Waals surface area contributed by atoms with Crippen LogP contribution >= 0.6 is 0 Å². The van der Waals surface area contributed by atoms with Crippen molar-refractivity contribution in [1.29, 1.82) is 0 Å². The van der Waals surface area contributed by atoms with Crippen LogP contribution < -0.4 is 0 Å². The van der Waals surface area contributed by atoms with Crippen LogP contribution in [0, 0.1) is 46.3 Å². The average molecular weight is 423 g/mol. The molecule has 4 aliphatic rings. The number of carboxylic acids is 1. The molecule has 2 unspecified atom stereocenters. The van der Waals surface area contributed by atoms with Crippen LogP contribution in [0.5, 0.6) is 0 Å². The molecule has 0 heterocycles. The number of methoxy groups -OCH3 is 1. The molecule has 0 amide bonds. The van der Waals surface area contributed by atoms with Gasteiger partial charge in [-0.25, -0.2) is 0 Å². The summed E-state index contributed by atoms with van der Waals surface area (Å²) in [5, 5.41) is 31.1. The van der Waals surface area contributed by atoms with Gasteiger partial charge in [0.05, 0.1) is 18.3 Å². The highest BCUT2D eigenvalue weighted by Gasteiger charge is 2.65. The number of carboxylic acid groups (broad SMARTS) is 1. The van der Waals surface area contributed by atoms with Crippen molar-refractivity contribution < 1.29 is 24.9 Å². The first kappa shape index (κ1) is 22.5. The molecule has 0 radical (unpaired) electrons. The monoisotopic (exact) mass is 422 g/mol. The summed E-state index contributed by atoms with van der Waals surface area (Å²) in [5.41, 5.74) is 0.299. The molecule has 11 atom stereocenters. The Hall–Kier alpha value is -0.650. The van der Waals surface area contributed by atoms with E-state index in [0.717, 1.165) is 44.9 Å². The summed E-state index contributed by atoms with van der Waals surface area (Å²) < 4.78 is 5.93. The van der Waals surface area contributed by atoms with Crippen LogP contribution in [-0.4, -0.2) is 46.7 Å². The molecule has 0 aromatic carbocycles. The van der Waals surface area contributed by atoms with Gasteiger partial charge in [0.2, 0.25) is 0 Å². The summed E-state index contributed by atoms with van der Waals surface area (Å²) in [4.78, 5) is 11.1. The molecule has 3 N–H and O–H groups in total. The first-order valence-corrected chi connectivity index (χ1v) is 12.2. The van der Waals surface area contributed by atoms with Gasteiger partial charge in [0.25, 0.3) is 0 Å². The first-order chi connectivity index (χ1) is 14.1. The molecule has 0 aromatic heterocycles. The fourth-order valence-electron chi connectivity index (χ4n) is 9.04. The summed E-state index contributed by atoms with van der Waals surface area (Å²) in [6.45, 7) is 7.07. The third kappa shape index (κ3) is 3.34. The van der Waals surface area contributed by atoms with Crippen LogP contribution in [0.4, 0.5) is 0 Å². The van der Waals surface area contributed by atoms with E-state index < -0.39 is 12.1 Å². The van der Waals surface area contributed by atoms with Crippen LogP contribution in [-0.2, 0) is 9.53 Å². The number of carbonyl (C=O) groups is 1. The quantitative estimate of drug-likeness (QED) is 0.621. The van der Waals surface area contributed by atoms with E-state index in [0.29, 0.717) is 23.7 Å². The van der Waals surface area contributed by atoms with Gasteiger partial charge in [0.1, 0.15) is 0 Å². The highest BCUT2D eigenvalue weighted by atomic mass is 16.5. The minimum absolute atomic E-state index is 0.123. The number of aliphatic carboxylic acids is 1. The smallest absolute Gasteiger partial charge is 0.303 e. The summed E-state index contributed by atoms with van der Waals surface area (Å²) in [5.74, 6) is 1.68. The standard InChI is InChI=1S/C25H42O5/c1-14(5-8-20(27)28)16-6-7-17-21-18(10-12-24(16,17)2)25(3)11-9-15(26)13-19(25)23(30-4)22(21)29/h14-19,21-23,26,29H,5-13H2,1-4H3,(H,27,28)/t14-,15-,16?,17+,18+,19?,21+,22+,23-,24-,25-/m1/s1. The molecule has 5 nitrogen and oxygen atoms in total. The number of fused-ring (bicyclic) bond motifs is 5. The molecule has 4 fully saturated rings. The van der Waals surface area contributed by atoms with Gasteiger partial charge in [0, 0.05) is 13.5 Å². The van der Waals surface area contributed by atoms with Crippen LogP contribution in [0.1, 0.15) is 78.6 Å². The van der Waals surface area contributed by atoms with Gasteiger partial charge in [-0.15, -0.1) is 0 Å². The molecular formula is C25H42O5. The fourth-order valence-corrected chi connectivity index (χ4v) is 9.04. The largest absolute Gasteiger partial charge is 0.481 e. The van der Waals surface area contributed by atoms with Crippen molar-refractivity contribution >= 4 is 5.97 Å². The maximum absolute atomic E-state index is 11.6. The normalized spacial score (nSPS) is 51.5. The van der Waals surface area contributed by atoms with Gasteiger partial charge >= 0.3 is 5.97 Å². The molecular weight excluding hydrogens is 380 g/mol. The number of aliphatic hydroxyl groups excluding tert-OH is 2. The number of hydrogen-bond donors (Lipinski definition) is 3. The van der Waals surface area contributed by atoms with Crippen molar-refractivity contribution in [2.45, 2.75) is 96.9 Å². The lowest BCUT2D eigenvalue weighted by molar-refractivity contribution is -0.230. The minimum atomic E-state index is -0.700. The van der Waals surface area contributed by atoms with Crippen molar-refractivity contribution in [3.8, 4) is 0 Å². The van der Waals surface area contributed by atoms with E-state index in [9.17, 15) is 15.0 Å². The lowest BCUT2D eigenvalue weighted by Crippen LogP contribution is -2.64. The topological polar surface area (TPSA) is 87.0 Å². The lowest BCUT2D eigenvalue weighted by Gasteiger charge is -2.64. The fraction of sp³-hybridized carbons (Fsp3) is 0.960.